The number of rotatable bonds is 6. The van der Waals surface area contributed by atoms with Crippen LogP contribution in [-0.4, -0.2) is 59.8 Å². The number of fused-ring (bicyclic) bond motifs is 2. The van der Waals surface area contributed by atoms with Gasteiger partial charge in [-0.1, -0.05) is 0 Å². The predicted octanol–water partition coefficient (Wildman–Crippen LogP) is 2.91. The molecule has 2 aliphatic heterocycles. The van der Waals surface area contributed by atoms with Gasteiger partial charge in [0.25, 0.3) is 11.8 Å². The van der Waals surface area contributed by atoms with Gasteiger partial charge in [0.15, 0.2) is 5.82 Å². The number of nitrogens with zero attached hydrogens (tertiary/aromatic N) is 2. The van der Waals surface area contributed by atoms with Crippen molar-refractivity contribution < 1.29 is 37.8 Å². The zero-order chi connectivity index (χ0) is 28.9. The average molecular weight is 570 g/mol. The Morgan fingerprint density at radius 3 is 2.58 bits per heavy atom. The highest BCUT2D eigenvalue weighted by Gasteiger charge is 2.46. The van der Waals surface area contributed by atoms with Crippen molar-refractivity contribution >= 4 is 56.9 Å². The van der Waals surface area contributed by atoms with Crippen LogP contribution in [0.1, 0.15) is 52.4 Å². The summed E-state index contributed by atoms with van der Waals surface area (Å²) in [7, 11) is 3.05. The van der Waals surface area contributed by atoms with Crippen LogP contribution in [0.25, 0.3) is 10.2 Å². The summed E-state index contributed by atoms with van der Waals surface area (Å²) in [6.45, 7) is 3.43. The van der Waals surface area contributed by atoms with Crippen LogP contribution >= 0.6 is 11.3 Å². The molecule has 0 bridgehead atoms. The van der Waals surface area contributed by atoms with Crippen molar-refractivity contribution in [3.63, 3.8) is 0 Å². The molecule has 14 heteroatoms. The molecule has 3 N–H and O–H groups in total. The number of thiazole rings is 1. The minimum atomic E-state index is -1.24. The highest BCUT2D eigenvalue weighted by molar-refractivity contribution is 7.18. The van der Waals surface area contributed by atoms with Crippen molar-refractivity contribution in [1.82, 2.24) is 20.5 Å². The molecule has 5 rings (SSSR count). The number of urea groups is 1. The van der Waals surface area contributed by atoms with Crippen molar-refractivity contribution in [3.05, 3.63) is 46.2 Å². The Bertz CT molecular complexity index is 1620. The maximum atomic E-state index is 15.5. The Morgan fingerprint density at radius 2 is 1.90 bits per heavy atom. The molecule has 0 spiro atoms. The standard InChI is InChI=1S/C26H24FN5O7S/c1-26(2,24-30-20-15(39-4)9-11(38-3)10-16(20)40-24)31-25(37)28-13-6-5-12-18(19(13)27)23(36)32(22(12)35)14-7-8-17(33)29-21(14)34/h5-6,9-10,14H,7-8H2,1-4H3,(H2,28,31,37)(H,29,33,34). The molecule has 1 atom stereocenters. The van der Waals surface area contributed by atoms with Gasteiger partial charge in [-0.05, 0) is 38.5 Å². The number of anilines is 1. The number of halogens is 1. The molecule has 0 radical (unpaired) electrons. The third-order valence-corrected chi connectivity index (χ3v) is 7.97. The lowest BCUT2D eigenvalue weighted by Crippen LogP contribution is -2.54. The summed E-state index contributed by atoms with van der Waals surface area (Å²) in [5, 5.41) is 7.75. The summed E-state index contributed by atoms with van der Waals surface area (Å²) in [6.07, 6.45) is -0.130. The van der Waals surface area contributed by atoms with E-state index < -0.39 is 52.6 Å². The number of carbonyl (C=O) groups excluding carboxylic acids is 5. The number of imide groups is 2. The van der Waals surface area contributed by atoms with E-state index >= 15 is 4.39 Å². The fraction of sp³-hybridized carbons (Fsp3) is 0.308. The van der Waals surface area contributed by atoms with Gasteiger partial charge in [-0.3, -0.25) is 29.4 Å². The van der Waals surface area contributed by atoms with Crippen LogP contribution in [0.2, 0.25) is 0 Å². The topological polar surface area (TPSA) is 156 Å². The molecular weight excluding hydrogens is 545 g/mol. The van der Waals surface area contributed by atoms with Crippen LogP contribution in [0.5, 0.6) is 11.5 Å². The average Bonchev–Trinajstić information content (AvgIpc) is 3.45. The third-order valence-electron chi connectivity index (χ3n) is 6.64. The Hall–Kier alpha value is -4.59. The van der Waals surface area contributed by atoms with E-state index in [1.807, 2.05) is 0 Å². The van der Waals surface area contributed by atoms with Crippen molar-refractivity contribution in [2.24, 2.45) is 0 Å². The minimum Gasteiger partial charge on any atom is -0.497 e. The number of ether oxygens (including phenoxy) is 2. The van der Waals surface area contributed by atoms with Gasteiger partial charge in [0.1, 0.15) is 28.1 Å². The predicted molar refractivity (Wildman–Crippen MR) is 141 cm³/mol. The van der Waals surface area contributed by atoms with E-state index in [-0.39, 0.29) is 24.1 Å². The number of aromatic nitrogens is 1. The number of amides is 6. The lowest BCUT2D eigenvalue weighted by atomic mass is 10.0. The maximum Gasteiger partial charge on any atom is 0.320 e. The van der Waals surface area contributed by atoms with E-state index in [0.29, 0.717) is 26.9 Å². The maximum absolute atomic E-state index is 15.5. The van der Waals surface area contributed by atoms with Crippen molar-refractivity contribution in [2.75, 3.05) is 19.5 Å². The molecule has 12 nitrogen and oxygen atoms in total. The molecule has 1 aromatic heterocycles. The molecule has 6 amide bonds. The number of piperidine rings is 1. The Morgan fingerprint density at radius 1 is 1.15 bits per heavy atom. The number of nitrogens with one attached hydrogen (secondary N) is 3. The van der Waals surface area contributed by atoms with Crippen molar-refractivity contribution in [1.29, 1.82) is 0 Å². The summed E-state index contributed by atoms with van der Waals surface area (Å²) >= 11 is 1.32. The molecule has 1 saturated heterocycles. The molecule has 1 unspecified atom stereocenters. The number of benzene rings is 2. The molecule has 2 aliphatic rings. The normalized spacial score (nSPS) is 17.1. The van der Waals surface area contributed by atoms with Gasteiger partial charge in [-0.25, -0.2) is 14.2 Å². The van der Waals surface area contributed by atoms with Gasteiger partial charge in [0.2, 0.25) is 11.8 Å². The number of methoxy groups -OCH3 is 2. The molecular formula is C26H24FN5O7S. The first-order chi connectivity index (χ1) is 18.9. The third kappa shape index (κ3) is 4.49. The second kappa shape index (κ2) is 9.86. The van der Waals surface area contributed by atoms with E-state index in [0.717, 1.165) is 10.8 Å². The van der Waals surface area contributed by atoms with Crippen LogP contribution in [0, 0.1) is 5.82 Å². The quantitative estimate of drug-likeness (QED) is 0.383. The molecule has 208 valence electrons. The monoisotopic (exact) mass is 569 g/mol. The molecule has 3 heterocycles. The minimum absolute atomic E-state index is 0.0647. The van der Waals surface area contributed by atoms with Gasteiger partial charge < -0.3 is 20.1 Å². The number of carbonyl (C=O) groups is 5. The van der Waals surface area contributed by atoms with E-state index in [4.69, 9.17) is 9.47 Å². The Balaban J connectivity index is 1.36. The van der Waals surface area contributed by atoms with E-state index in [2.05, 4.69) is 20.9 Å². The zero-order valence-corrected chi connectivity index (χ0v) is 22.7. The van der Waals surface area contributed by atoms with E-state index in [9.17, 15) is 24.0 Å². The molecule has 2 aromatic carbocycles. The summed E-state index contributed by atoms with van der Waals surface area (Å²) in [5.41, 5.74) is -1.55. The number of hydrogen-bond donors (Lipinski definition) is 3. The van der Waals surface area contributed by atoms with E-state index in [1.165, 1.54) is 31.6 Å². The summed E-state index contributed by atoms with van der Waals surface area (Å²) < 4.78 is 27.0. The van der Waals surface area contributed by atoms with Crippen molar-refractivity contribution in [2.45, 2.75) is 38.3 Å². The highest BCUT2D eigenvalue weighted by Crippen LogP contribution is 2.38. The summed E-state index contributed by atoms with van der Waals surface area (Å²) in [4.78, 5) is 67.8. The van der Waals surface area contributed by atoms with Gasteiger partial charge in [-0.15, -0.1) is 11.3 Å². The fourth-order valence-corrected chi connectivity index (χ4v) is 5.69. The number of hydrogen-bond acceptors (Lipinski definition) is 9. The first kappa shape index (κ1) is 27.0. The fourth-order valence-electron chi connectivity index (χ4n) is 4.62. The molecule has 1 fully saturated rings. The Labute approximate surface area is 230 Å². The largest absolute Gasteiger partial charge is 0.497 e. The lowest BCUT2D eigenvalue weighted by Gasteiger charge is -2.27. The van der Waals surface area contributed by atoms with Gasteiger partial charge >= 0.3 is 6.03 Å². The second-order valence-corrected chi connectivity index (χ2v) is 10.7. The van der Waals surface area contributed by atoms with Gasteiger partial charge in [-0.2, -0.15) is 0 Å². The van der Waals surface area contributed by atoms with Crippen LogP contribution < -0.4 is 25.4 Å². The zero-order valence-electron chi connectivity index (χ0n) is 21.8. The molecule has 0 aliphatic carbocycles. The van der Waals surface area contributed by atoms with Crippen LogP contribution in [0.4, 0.5) is 14.9 Å². The van der Waals surface area contributed by atoms with Gasteiger partial charge in [0.05, 0.1) is 41.3 Å². The molecule has 0 saturated carbocycles. The summed E-state index contributed by atoms with van der Waals surface area (Å²) in [5.74, 6) is -3.23. The summed E-state index contributed by atoms with van der Waals surface area (Å²) in [6, 6.07) is 3.84. The first-order valence-electron chi connectivity index (χ1n) is 12.1. The SMILES string of the molecule is COc1cc(OC)c2nc(C(C)(C)NC(=O)Nc3ccc4c(c3F)C(=O)N(C3CCC(=O)NC3=O)C4=O)sc2c1. The van der Waals surface area contributed by atoms with Crippen LogP contribution in [0.15, 0.2) is 24.3 Å². The smallest absolute Gasteiger partial charge is 0.320 e. The highest BCUT2D eigenvalue weighted by atomic mass is 32.1. The first-order valence-corrected chi connectivity index (χ1v) is 12.9. The van der Waals surface area contributed by atoms with Gasteiger partial charge in [0, 0.05) is 12.5 Å². The lowest BCUT2D eigenvalue weighted by molar-refractivity contribution is -0.136. The Kier molecular flexibility index (Phi) is 6.66. The molecule has 3 aromatic rings. The second-order valence-electron chi connectivity index (χ2n) is 9.70. The van der Waals surface area contributed by atoms with Crippen LogP contribution in [0.3, 0.4) is 0 Å². The van der Waals surface area contributed by atoms with E-state index in [1.54, 1.807) is 26.0 Å². The molecule has 40 heavy (non-hydrogen) atoms. The van der Waals surface area contributed by atoms with Crippen molar-refractivity contribution in [3.8, 4) is 11.5 Å². The van der Waals surface area contributed by atoms with Crippen LogP contribution in [-0.2, 0) is 15.1 Å².